The lowest BCUT2D eigenvalue weighted by Crippen LogP contribution is -1.94. The number of fused-ring (bicyclic) bond motifs is 1. The molecule has 2 aromatic rings. The summed E-state index contributed by atoms with van der Waals surface area (Å²) in [5.74, 6) is -1.11. The van der Waals surface area contributed by atoms with Crippen molar-refractivity contribution in [3.8, 4) is 0 Å². The van der Waals surface area contributed by atoms with E-state index in [4.69, 9.17) is 11.6 Å². The second-order valence-corrected chi connectivity index (χ2v) is 4.55. The summed E-state index contributed by atoms with van der Waals surface area (Å²) in [6, 6.07) is 2.58. The summed E-state index contributed by atoms with van der Waals surface area (Å²) >= 11 is 8.81. The smallest absolute Gasteiger partial charge is 0.150 e. The quantitative estimate of drug-likeness (QED) is 0.559. The summed E-state index contributed by atoms with van der Waals surface area (Å²) in [4.78, 5) is 3.88. The molecule has 2 rings (SSSR count). The summed E-state index contributed by atoms with van der Waals surface area (Å²) in [6.07, 6.45) is 0.620. The number of aryl methyl sites for hydroxylation is 1. The van der Waals surface area contributed by atoms with Gasteiger partial charge in [-0.25, -0.2) is 13.8 Å². The van der Waals surface area contributed by atoms with Crippen molar-refractivity contribution >= 4 is 38.4 Å². The number of benzene rings is 1. The number of nitrogens with zero attached hydrogens (tertiary/aromatic N) is 1. The number of hydrogen-bond acceptors (Lipinski definition) is 1. The molecule has 1 heterocycles. The monoisotopic (exact) mass is 305 g/mol. The Kier molecular flexibility index (Phi) is 3.13. The van der Waals surface area contributed by atoms with Crippen LogP contribution in [-0.2, 0) is 6.42 Å². The fourth-order valence-electron chi connectivity index (χ4n) is 1.50. The normalized spacial score (nSPS) is 11.1. The summed E-state index contributed by atoms with van der Waals surface area (Å²) < 4.78 is 27.3. The van der Waals surface area contributed by atoms with Crippen molar-refractivity contribution in [2.24, 2.45) is 0 Å². The third kappa shape index (κ3) is 1.80. The van der Waals surface area contributed by atoms with Gasteiger partial charge in [-0.2, -0.15) is 0 Å². The van der Waals surface area contributed by atoms with Crippen molar-refractivity contribution in [2.75, 3.05) is 0 Å². The molecule has 0 aliphatic rings. The third-order valence-corrected chi connectivity index (χ3v) is 3.26. The van der Waals surface area contributed by atoms with Gasteiger partial charge >= 0.3 is 0 Å². The fourth-order valence-corrected chi connectivity index (χ4v) is 2.19. The SMILES string of the molecule is CCc1cc2c(F)c(Br)cc(F)c2nc1Cl. The molecule has 0 bridgehead atoms. The van der Waals surface area contributed by atoms with Gasteiger partial charge in [0.05, 0.1) is 4.47 Å². The largest absolute Gasteiger partial charge is 0.233 e. The Morgan fingerprint density at radius 3 is 2.69 bits per heavy atom. The minimum absolute atomic E-state index is 0.0390. The van der Waals surface area contributed by atoms with Gasteiger partial charge in [0.1, 0.15) is 16.5 Å². The molecule has 0 atom stereocenters. The van der Waals surface area contributed by atoms with Crippen molar-refractivity contribution in [3.05, 3.63) is 39.0 Å². The van der Waals surface area contributed by atoms with E-state index < -0.39 is 11.6 Å². The van der Waals surface area contributed by atoms with Gasteiger partial charge in [-0.1, -0.05) is 18.5 Å². The molecule has 0 radical (unpaired) electrons. The molecule has 0 aliphatic heterocycles. The maximum atomic E-state index is 13.7. The summed E-state index contributed by atoms with van der Waals surface area (Å²) in [5.41, 5.74) is 0.661. The molecule has 0 amide bonds. The fraction of sp³-hybridized carbons (Fsp3) is 0.182. The summed E-state index contributed by atoms with van der Waals surface area (Å²) in [5, 5.41) is 0.365. The van der Waals surface area contributed by atoms with Crippen molar-refractivity contribution < 1.29 is 8.78 Å². The zero-order valence-corrected chi connectivity index (χ0v) is 10.7. The van der Waals surface area contributed by atoms with Crippen LogP contribution in [0.3, 0.4) is 0 Å². The number of pyridine rings is 1. The van der Waals surface area contributed by atoms with E-state index in [0.717, 1.165) is 6.07 Å². The van der Waals surface area contributed by atoms with E-state index >= 15 is 0 Å². The predicted octanol–water partition coefficient (Wildman–Crippen LogP) is 4.49. The van der Waals surface area contributed by atoms with E-state index in [1.165, 1.54) is 6.07 Å². The molecule has 0 saturated carbocycles. The van der Waals surface area contributed by atoms with Crippen LogP contribution in [0.2, 0.25) is 5.15 Å². The number of aromatic nitrogens is 1. The summed E-state index contributed by atoms with van der Waals surface area (Å²) in [7, 11) is 0. The lowest BCUT2D eigenvalue weighted by atomic mass is 10.1. The van der Waals surface area contributed by atoms with Crippen LogP contribution in [-0.4, -0.2) is 4.98 Å². The lowest BCUT2D eigenvalue weighted by molar-refractivity contribution is 0.609. The Hall–Kier alpha value is -0.740. The highest BCUT2D eigenvalue weighted by Crippen LogP contribution is 2.29. The molecule has 0 saturated heterocycles. The zero-order valence-electron chi connectivity index (χ0n) is 8.32. The minimum atomic E-state index is -0.590. The first-order valence-electron chi connectivity index (χ1n) is 4.67. The third-order valence-electron chi connectivity index (χ3n) is 2.36. The van der Waals surface area contributed by atoms with Gasteiger partial charge in [0.15, 0.2) is 5.82 Å². The van der Waals surface area contributed by atoms with Crippen LogP contribution in [0, 0.1) is 11.6 Å². The average molecular weight is 307 g/mol. The van der Waals surface area contributed by atoms with E-state index in [9.17, 15) is 8.78 Å². The van der Waals surface area contributed by atoms with Crippen LogP contribution in [0.25, 0.3) is 10.9 Å². The van der Waals surface area contributed by atoms with Crippen LogP contribution in [0.15, 0.2) is 16.6 Å². The van der Waals surface area contributed by atoms with Crippen LogP contribution in [0.1, 0.15) is 12.5 Å². The number of rotatable bonds is 1. The topological polar surface area (TPSA) is 12.9 Å². The molecule has 16 heavy (non-hydrogen) atoms. The Morgan fingerprint density at radius 1 is 1.38 bits per heavy atom. The van der Waals surface area contributed by atoms with Gasteiger partial charge in [0, 0.05) is 5.39 Å². The van der Waals surface area contributed by atoms with Gasteiger partial charge < -0.3 is 0 Å². The molecule has 1 aromatic heterocycles. The van der Waals surface area contributed by atoms with E-state index in [0.29, 0.717) is 12.0 Å². The van der Waals surface area contributed by atoms with E-state index in [1.807, 2.05) is 6.92 Å². The molecule has 5 heteroatoms. The minimum Gasteiger partial charge on any atom is -0.233 e. The molecular weight excluding hydrogens is 299 g/mol. The maximum Gasteiger partial charge on any atom is 0.150 e. The second-order valence-electron chi connectivity index (χ2n) is 3.34. The average Bonchev–Trinajstić information content (AvgIpc) is 2.25. The van der Waals surface area contributed by atoms with Crippen molar-refractivity contribution in [1.82, 2.24) is 4.98 Å². The van der Waals surface area contributed by atoms with Gasteiger partial charge in [-0.15, -0.1) is 0 Å². The van der Waals surface area contributed by atoms with E-state index in [-0.39, 0.29) is 20.5 Å². The Morgan fingerprint density at radius 2 is 2.06 bits per heavy atom. The second kappa shape index (κ2) is 4.26. The maximum absolute atomic E-state index is 13.7. The first-order chi connectivity index (χ1) is 7.54. The standard InChI is InChI=1S/C11H7BrClF2N/c1-2-5-3-6-9(15)7(12)4-8(14)10(6)16-11(5)13/h3-4H,2H2,1H3. The molecule has 0 fully saturated rings. The van der Waals surface area contributed by atoms with E-state index in [1.54, 1.807) is 0 Å². The molecule has 0 spiro atoms. The highest BCUT2D eigenvalue weighted by molar-refractivity contribution is 9.10. The highest BCUT2D eigenvalue weighted by Gasteiger charge is 2.14. The molecule has 1 aromatic carbocycles. The van der Waals surface area contributed by atoms with Gasteiger partial charge in [-0.3, -0.25) is 0 Å². The predicted molar refractivity (Wildman–Crippen MR) is 63.7 cm³/mol. The van der Waals surface area contributed by atoms with Gasteiger partial charge in [0.25, 0.3) is 0 Å². The first-order valence-corrected chi connectivity index (χ1v) is 5.84. The van der Waals surface area contributed by atoms with Crippen LogP contribution in [0.5, 0.6) is 0 Å². The first kappa shape index (κ1) is 11.7. The lowest BCUT2D eigenvalue weighted by Gasteiger charge is -2.06. The summed E-state index contributed by atoms with van der Waals surface area (Å²) in [6.45, 7) is 1.88. The van der Waals surface area contributed by atoms with Crippen molar-refractivity contribution in [1.29, 1.82) is 0 Å². The molecule has 0 unspecified atom stereocenters. The van der Waals surface area contributed by atoms with Crippen molar-refractivity contribution in [2.45, 2.75) is 13.3 Å². The van der Waals surface area contributed by atoms with Gasteiger partial charge in [-0.05, 0) is 40.0 Å². The van der Waals surface area contributed by atoms with E-state index in [2.05, 4.69) is 20.9 Å². The molecule has 0 N–H and O–H groups in total. The number of halogens is 4. The van der Waals surface area contributed by atoms with Crippen LogP contribution < -0.4 is 0 Å². The molecule has 84 valence electrons. The number of hydrogen-bond donors (Lipinski definition) is 0. The van der Waals surface area contributed by atoms with Crippen LogP contribution in [0.4, 0.5) is 8.78 Å². The molecular formula is C11H7BrClF2N. The molecule has 0 aliphatic carbocycles. The highest BCUT2D eigenvalue weighted by atomic mass is 79.9. The van der Waals surface area contributed by atoms with Crippen LogP contribution >= 0.6 is 27.5 Å². The molecule has 1 nitrogen and oxygen atoms in total. The Balaban J connectivity index is 2.90. The Bertz CT molecular complexity index is 572. The van der Waals surface area contributed by atoms with Crippen molar-refractivity contribution in [3.63, 3.8) is 0 Å². The van der Waals surface area contributed by atoms with Gasteiger partial charge in [0.2, 0.25) is 0 Å². The Labute approximate surface area is 105 Å². The zero-order chi connectivity index (χ0) is 11.9.